The fourth-order valence-corrected chi connectivity index (χ4v) is 4.03. The highest BCUT2D eigenvalue weighted by Gasteiger charge is 2.26. The van der Waals surface area contributed by atoms with E-state index in [4.69, 9.17) is 4.74 Å². The Morgan fingerprint density at radius 2 is 1.71 bits per heavy atom. The van der Waals surface area contributed by atoms with Crippen molar-refractivity contribution in [3.8, 4) is 5.75 Å². The molecule has 3 aromatic carbocycles. The van der Waals surface area contributed by atoms with Crippen molar-refractivity contribution in [3.05, 3.63) is 95.1 Å². The highest BCUT2D eigenvalue weighted by Crippen LogP contribution is 2.34. The second-order valence-corrected chi connectivity index (χ2v) is 8.96. The Bertz CT molecular complexity index is 1160. The predicted octanol–water partition coefficient (Wildman–Crippen LogP) is 4.12. The minimum absolute atomic E-state index is 0.0166. The molecule has 34 heavy (non-hydrogen) atoms. The maximum Gasteiger partial charge on any atom is 0.265 e. The number of carbonyl (C=O) groups excluding carboxylic acids is 2. The third kappa shape index (κ3) is 5.64. The molecule has 0 bridgehead atoms. The Morgan fingerprint density at radius 3 is 2.47 bits per heavy atom. The molecule has 0 atom stereocenters. The van der Waals surface area contributed by atoms with E-state index in [-0.39, 0.29) is 18.4 Å². The Labute approximate surface area is 201 Å². The first kappa shape index (κ1) is 23.5. The van der Waals surface area contributed by atoms with E-state index in [0.717, 1.165) is 28.9 Å². The highest BCUT2D eigenvalue weighted by molar-refractivity contribution is 5.98. The molecule has 1 aliphatic rings. The molecule has 0 saturated carbocycles. The Balaban J connectivity index is 1.56. The Kier molecular flexibility index (Phi) is 7.28. The molecule has 0 spiro atoms. The molecule has 4 rings (SSSR count). The van der Waals surface area contributed by atoms with E-state index in [1.807, 2.05) is 98.7 Å². The summed E-state index contributed by atoms with van der Waals surface area (Å²) in [4.78, 5) is 31.9. The SMILES string of the molecule is Cc1ccc2c(c1)N(Cc1cccc(C(=O)N(CCN(C)C)Cc3ccccc3)c1)C(=O)CO2. The minimum Gasteiger partial charge on any atom is -0.482 e. The van der Waals surface area contributed by atoms with E-state index in [9.17, 15) is 9.59 Å². The standard InChI is InChI=1S/C28H31N3O3/c1-21-12-13-26-25(16-21)31(27(32)20-34-26)19-23-10-7-11-24(17-23)28(33)30(15-14-29(2)3)18-22-8-5-4-6-9-22/h4-13,16-17H,14-15,18-20H2,1-3H3. The fraction of sp³-hybridized carbons (Fsp3) is 0.286. The van der Waals surface area contributed by atoms with E-state index >= 15 is 0 Å². The Morgan fingerprint density at radius 1 is 0.941 bits per heavy atom. The molecule has 1 heterocycles. The summed E-state index contributed by atoms with van der Waals surface area (Å²) in [7, 11) is 4.01. The number of fused-ring (bicyclic) bond motifs is 1. The van der Waals surface area contributed by atoms with E-state index in [2.05, 4.69) is 4.90 Å². The summed E-state index contributed by atoms with van der Waals surface area (Å²) in [6.45, 7) is 4.34. The van der Waals surface area contributed by atoms with Gasteiger partial charge in [-0.15, -0.1) is 0 Å². The molecule has 0 fully saturated rings. The van der Waals surface area contributed by atoms with Crippen LogP contribution in [0.1, 0.15) is 27.0 Å². The van der Waals surface area contributed by atoms with Crippen molar-refractivity contribution in [2.24, 2.45) is 0 Å². The van der Waals surface area contributed by atoms with Crippen LogP contribution in [0, 0.1) is 6.92 Å². The number of rotatable bonds is 8. The van der Waals surface area contributed by atoms with Crippen molar-refractivity contribution < 1.29 is 14.3 Å². The molecule has 0 radical (unpaired) electrons. The van der Waals surface area contributed by atoms with Gasteiger partial charge in [0.2, 0.25) is 0 Å². The molecule has 6 nitrogen and oxygen atoms in total. The fourth-order valence-electron chi connectivity index (χ4n) is 4.03. The molecule has 6 heteroatoms. The third-order valence-electron chi connectivity index (χ3n) is 5.89. The summed E-state index contributed by atoms with van der Waals surface area (Å²) < 4.78 is 5.60. The molecule has 176 valence electrons. The maximum absolute atomic E-state index is 13.5. The zero-order valence-electron chi connectivity index (χ0n) is 20.0. The number of anilines is 1. The molecular formula is C28H31N3O3. The van der Waals surface area contributed by atoms with Crippen molar-refractivity contribution in [1.82, 2.24) is 9.80 Å². The van der Waals surface area contributed by atoms with Crippen LogP contribution < -0.4 is 9.64 Å². The van der Waals surface area contributed by atoms with Gasteiger partial charge in [0.25, 0.3) is 11.8 Å². The number of carbonyl (C=O) groups is 2. The number of hydrogen-bond acceptors (Lipinski definition) is 4. The Hall–Kier alpha value is -3.64. The van der Waals surface area contributed by atoms with Gasteiger partial charge in [0, 0.05) is 25.2 Å². The van der Waals surface area contributed by atoms with Crippen LogP contribution in [0.2, 0.25) is 0 Å². The van der Waals surface area contributed by atoms with Crippen molar-refractivity contribution in [2.45, 2.75) is 20.0 Å². The van der Waals surface area contributed by atoms with Gasteiger partial charge >= 0.3 is 0 Å². The van der Waals surface area contributed by atoms with Crippen molar-refractivity contribution in [1.29, 1.82) is 0 Å². The second-order valence-electron chi connectivity index (χ2n) is 8.96. The number of benzene rings is 3. The van der Waals surface area contributed by atoms with Gasteiger partial charge in [-0.1, -0.05) is 48.5 Å². The number of amides is 2. The van der Waals surface area contributed by atoms with Gasteiger partial charge in [0.1, 0.15) is 5.75 Å². The van der Waals surface area contributed by atoms with Gasteiger partial charge in [-0.05, 0) is 62.0 Å². The first-order valence-corrected chi connectivity index (χ1v) is 11.5. The molecular weight excluding hydrogens is 426 g/mol. The van der Waals surface area contributed by atoms with E-state index in [1.165, 1.54) is 0 Å². The largest absolute Gasteiger partial charge is 0.482 e. The molecule has 1 aliphatic heterocycles. The van der Waals surface area contributed by atoms with Crippen molar-refractivity contribution in [2.75, 3.05) is 38.7 Å². The topological polar surface area (TPSA) is 53.1 Å². The van der Waals surface area contributed by atoms with Gasteiger partial charge in [0.15, 0.2) is 6.61 Å². The smallest absolute Gasteiger partial charge is 0.265 e. The number of hydrogen-bond donors (Lipinski definition) is 0. The van der Waals surface area contributed by atoms with Crippen LogP contribution in [-0.4, -0.2) is 55.4 Å². The number of aryl methyl sites for hydroxylation is 1. The van der Waals surface area contributed by atoms with Crippen LogP contribution in [0.4, 0.5) is 5.69 Å². The van der Waals surface area contributed by atoms with E-state index in [0.29, 0.717) is 30.9 Å². The molecule has 0 unspecified atom stereocenters. The lowest BCUT2D eigenvalue weighted by Crippen LogP contribution is -2.38. The van der Waals surface area contributed by atoms with Gasteiger partial charge in [-0.2, -0.15) is 0 Å². The maximum atomic E-state index is 13.5. The molecule has 0 aromatic heterocycles. The van der Waals surface area contributed by atoms with Crippen LogP contribution in [0.5, 0.6) is 5.75 Å². The molecule has 0 N–H and O–H groups in total. The number of likely N-dealkylation sites (N-methyl/N-ethyl adjacent to an activating group) is 1. The summed E-state index contributed by atoms with van der Waals surface area (Å²) in [5.41, 5.74) is 4.45. The van der Waals surface area contributed by atoms with Gasteiger partial charge in [-0.25, -0.2) is 0 Å². The predicted molar refractivity (Wildman–Crippen MR) is 134 cm³/mol. The monoisotopic (exact) mass is 457 g/mol. The van der Waals surface area contributed by atoms with E-state index in [1.54, 1.807) is 4.90 Å². The number of ether oxygens (including phenoxy) is 1. The zero-order chi connectivity index (χ0) is 24.1. The molecule has 3 aromatic rings. The number of nitrogens with zero attached hydrogens (tertiary/aromatic N) is 3. The second kappa shape index (κ2) is 10.5. The van der Waals surface area contributed by atoms with Crippen LogP contribution >= 0.6 is 0 Å². The summed E-state index contributed by atoms with van der Waals surface area (Å²) in [6.07, 6.45) is 0. The van der Waals surface area contributed by atoms with Crippen LogP contribution in [-0.2, 0) is 17.9 Å². The molecule has 2 amide bonds. The van der Waals surface area contributed by atoms with Crippen LogP contribution in [0.3, 0.4) is 0 Å². The highest BCUT2D eigenvalue weighted by atomic mass is 16.5. The first-order valence-electron chi connectivity index (χ1n) is 11.5. The summed E-state index contributed by atoms with van der Waals surface area (Å²) >= 11 is 0. The first-order chi connectivity index (χ1) is 16.4. The zero-order valence-corrected chi connectivity index (χ0v) is 20.0. The lowest BCUT2D eigenvalue weighted by Gasteiger charge is -2.30. The van der Waals surface area contributed by atoms with Gasteiger partial charge < -0.3 is 19.4 Å². The van der Waals surface area contributed by atoms with E-state index < -0.39 is 0 Å². The minimum atomic E-state index is -0.0912. The van der Waals surface area contributed by atoms with Gasteiger partial charge in [0.05, 0.1) is 12.2 Å². The van der Waals surface area contributed by atoms with Crippen LogP contribution in [0.15, 0.2) is 72.8 Å². The summed E-state index contributed by atoms with van der Waals surface area (Å²) in [6, 6.07) is 23.5. The molecule has 0 saturated heterocycles. The third-order valence-corrected chi connectivity index (χ3v) is 5.89. The van der Waals surface area contributed by atoms with Gasteiger partial charge in [-0.3, -0.25) is 9.59 Å². The molecule has 0 aliphatic carbocycles. The van der Waals surface area contributed by atoms with Crippen molar-refractivity contribution in [3.63, 3.8) is 0 Å². The summed E-state index contributed by atoms with van der Waals surface area (Å²) in [5, 5.41) is 0. The average Bonchev–Trinajstić information content (AvgIpc) is 2.84. The summed E-state index contributed by atoms with van der Waals surface area (Å²) in [5.74, 6) is 0.596. The quantitative estimate of drug-likeness (QED) is 0.511. The van der Waals surface area contributed by atoms with Crippen molar-refractivity contribution >= 4 is 17.5 Å². The lowest BCUT2D eigenvalue weighted by molar-refractivity contribution is -0.121. The van der Waals surface area contributed by atoms with Crippen LogP contribution in [0.25, 0.3) is 0 Å². The lowest BCUT2D eigenvalue weighted by atomic mass is 10.1. The normalized spacial score (nSPS) is 12.9. The average molecular weight is 458 g/mol.